The third-order valence-electron chi connectivity index (χ3n) is 3.33. The minimum absolute atomic E-state index is 0.164. The Morgan fingerprint density at radius 1 is 1.37 bits per heavy atom. The van der Waals surface area contributed by atoms with Crippen molar-refractivity contribution in [2.45, 2.75) is 26.3 Å². The molecule has 0 aliphatic heterocycles. The Labute approximate surface area is 122 Å². The number of nitrogens with one attached hydrogen (secondary N) is 1. The van der Waals surface area contributed by atoms with Crippen LogP contribution in [0.4, 0.5) is 4.39 Å². The average Bonchev–Trinajstić information content (AvgIpc) is 2.71. The van der Waals surface area contributed by atoms with Crippen LogP contribution in [0, 0.1) is 19.7 Å². The second-order valence-electron chi connectivity index (χ2n) is 4.65. The molecule has 0 aliphatic carbocycles. The van der Waals surface area contributed by atoms with Crippen molar-refractivity contribution in [3.05, 3.63) is 56.0 Å². The predicted molar refractivity (Wildman–Crippen MR) is 80.7 cm³/mol. The molecule has 2 aromatic rings. The summed E-state index contributed by atoms with van der Waals surface area (Å²) in [4.78, 5) is 2.58. The molecule has 4 heteroatoms. The van der Waals surface area contributed by atoms with Crippen molar-refractivity contribution < 1.29 is 4.39 Å². The molecule has 1 aromatic heterocycles. The zero-order chi connectivity index (χ0) is 14.0. The molecular formula is C15H17ClFNS. The summed E-state index contributed by atoms with van der Waals surface area (Å²) in [6, 6.07) is 7.32. The van der Waals surface area contributed by atoms with E-state index in [1.807, 2.05) is 13.1 Å². The van der Waals surface area contributed by atoms with Crippen LogP contribution in [0.1, 0.15) is 26.9 Å². The summed E-state index contributed by atoms with van der Waals surface area (Å²) in [5.41, 5.74) is 2.13. The average molecular weight is 298 g/mol. The highest BCUT2D eigenvalue weighted by Crippen LogP contribution is 2.30. The summed E-state index contributed by atoms with van der Waals surface area (Å²) in [7, 11) is 1.92. The molecule has 0 saturated carbocycles. The van der Waals surface area contributed by atoms with Gasteiger partial charge in [0, 0.05) is 15.8 Å². The molecule has 1 N–H and O–H groups in total. The van der Waals surface area contributed by atoms with Crippen LogP contribution in [-0.4, -0.2) is 7.05 Å². The van der Waals surface area contributed by atoms with Gasteiger partial charge in [-0.3, -0.25) is 0 Å². The molecule has 0 aliphatic rings. The molecule has 2 rings (SSSR count). The third-order valence-corrected chi connectivity index (χ3v) is 5.02. The van der Waals surface area contributed by atoms with Gasteiger partial charge >= 0.3 is 0 Å². The lowest BCUT2D eigenvalue weighted by molar-refractivity contribution is 0.592. The van der Waals surface area contributed by atoms with Gasteiger partial charge in [0.15, 0.2) is 0 Å². The van der Waals surface area contributed by atoms with Crippen molar-refractivity contribution in [3.63, 3.8) is 0 Å². The van der Waals surface area contributed by atoms with E-state index in [1.54, 1.807) is 17.4 Å². The minimum atomic E-state index is -0.354. The standard InChI is InChI=1S/C15H17ClFNS/c1-9-7-14(19-10(9)2)13(18-3)8-11-5-4-6-12(17)15(11)16/h4-7,13,18H,8H2,1-3H3. The summed E-state index contributed by atoms with van der Waals surface area (Å²) >= 11 is 7.80. The quantitative estimate of drug-likeness (QED) is 0.865. The number of aryl methyl sites for hydroxylation is 2. The first-order valence-corrected chi connectivity index (χ1v) is 7.39. The van der Waals surface area contributed by atoms with E-state index in [0.717, 1.165) is 5.56 Å². The van der Waals surface area contributed by atoms with Gasteiger partial charge < -0.3 is 5.32 Å². The van der Waals surface area contributed by atoms with Crippen molar-refractivity contribution >= 4 is 22.9 Å². The molecule has 19 heavy (non-hydrogen) atoms. The van der Waals surface area contributed by atoms with E-state index in [4.69, 9.17) is 11.6 Å². The maximum Gasteiger partial charge on any atom is 0.142 e. The van der Waals surface area contributed by atoms with Gasteiger partial charge in [0.25, 0.3) is 0 Å². The topological polar surface area (TPSA) is 12.0 Å². The molecule has 1 aromatic carbocycles. The second-order valence-corrected chi connectivity index (χ2v) is 6.31. The van der Waals surface area contributed by atoms with Crippen LogP contribution >= 0.6 is 22.9 Å². The van der Waals surface area contributed by atoms with Gasteiger partial charge in [0.2, 0.25) is 0 Å². The summed E-state index contributed by atoms with van der Waals surface area (Å²) in [6.07, 6.45) is 0.687. The molecule has 0 amide bonds. The molecule has 0 radical (unpaired) electrons. The molecule has 1 atom stereocenters. The molecule has 0 fully saturated rings. The van der Waals surface area contributed by atoms with Crippen LogP contribution < -0.4 is 5.32 Å². The molecule has 0 bridgehead atoms. The van der Waals surface area contributed by atoms with Crippen LogP contribution in [0.2, 0.25) is 5.02 Å². The van der Waals surface area contributed by atoms with E-state index in [9.17, 15) is 4.39 Å². The van der Waals surface area contributed by atoms with E-state index in [-0.39, 0.29) is 16.9 Å². The summed E-state index contributed by atoms with van der Waals surface area (Å²) < 4.78 is 13.5. The van der Waals surface area contributed by atoms with Crippen LogP contribution in [0.25, 0.3) is 0 Å². The molecule has 1 heterocycles. The van der Waals surface area contributed by atoms with Crippen molar-refractivity contribution in [1.82, 2.24) is 5.32 Å². The fourth-order valence-corrected chi connectivity index (χ4v) is 3.40. The maximum absolute atomic E-state index is 13.5. The first-order chi connectivity index (χ1) is 9.02. The Balaban J connectivity index is 2.26. The molecule has 0 spiro atoms. The number of benzene rings is 1. The van der Waals surface area contributed by atoms with Crippen LogP contribution in [-0.2, 0) is 6.42 Å². The Morgan fingerprint density at radius 2 is 2.11 bits per heavy atom. The van der Waals surface area contributed by atoms with Crippen molar-refractivity contribution in [2.75, 3.05) is 7.05 Å². The van der Waals surface area contributed by atoms with Gasteiger partial charge in [0.1, 0.15) is 5.82 Å². The Hall–Kier alpha value is -0.900. The number of halogens is 2. The highest BCUT2D eigenvalue weighted by Gasteiger charge is 2.16. The van der Waals surface area contributed by atoms with Crippen molar-refractivity contribution in [1.29, 1.82) is 0 Å². The first kappa shape index (κ1) is 14.5. The molecule has 102 valence electrons. The SMILES string of the molecule is CNC(Cc1cccc(F)c1Cl)c1cc(C)c(C)s1. The zero-order valence-corrected chi connectivity index (χ0v) is 12.8. The zero-order valence-electron chi connectivity index (χ0n) is 11.3. The first-order valence-electron chi connectivity index (χ1n) is 6.20. The van der Waals surface area contributed by atoms with Gasteiger partial charge in [-0.25, -0.2) is 4.39 Å². The van der Waals surface area contributed by atoms with Gasteiger partial charge in [-0.2, -0.15) is 0 Å². The van der Waals surface area contributed by atoms with E-state index in [2.05, 4.69) is 25.2 Å². The maximum atomic E-state index is 13.5. The number of rotatable bonds is 4. The predicted octanol–water partition coefficient (Wildman–Crippen LogP) is 4.66. The van der Waals surface area contributed by atoms with Crippen LogP contribution in [0.5, 0.6) is 0 Å². The molecule has 1 unspecified atom stereocenters. The Bertz CT molecular complexity index is 560. The largest absolute Gasteiger partial charge is 0.312 e. The number of hydrogen-bond acceptors (Lipinski definition) is 2. The normalized spacial score (nSPS) is 12.7. The minimum Gasteiger partial charge on any atom is -0.312 e. The Morgan fingerprint density at radius 3 is 2.68 bits per heavy atom. The van der Waals surface area contributed by atoms with Gasteiger partial charge in [0.05, 0.1) is 5.02 Å². The van der Waals surface area contributed by atoms with E-state index in [1.165, 1.54) is 21.4 Å². The lowest BCUT2D eigenvalue weighted by atomic mass is 10.0. The van der Waals surface area contributed by atoms with Crippen LogP contribution in [0.15, 0.2) is 24.3 Å². The lowest BCUT2D eigenvalue weighted by Gasteiger charge is -2.15. The number of thiophene rings is 1. The van der Waals surface area contributed by atoms with E-state index >= 15 is 0 Å². The van der Waals surface area contributed by atoms with Crippen molar-refractivity contribution in [3.8, 4) is 0 Å². The highest BCUT2D eigenvalue weighted by atomic mass is 35.5. The fourth-order valence-electron chi connectivity index (χ4n) is 2.04. The summed E-state index contributed by atoms with van der Waals surface area (Å²) in [6.45, 7) is 4.22. The van der Waals surface area contributed by atoms with Gasteiger partial charge in [-0.05, 0) is 50.6 Å². The second kappa shape index (κ2) is 6.04. The van der Waals surface area contributed by atoms with E-state index in [0.29, 0.717) is 6.42 Å². The number of likely N-dealkylation sites (N-methyl/N-ethyl adjacent to an activating group) is 1. The van der Waals surface area contributed by atoms with Gasteiger partial charge in [-0.1, -0.05) is 23.7 Å². The molecular weight excluding hydrogens is 281 g/mol. The number of hydrogen-bond donors (Lipinski definition) is 1. The van der Waals surface area contributed by atoms with Crippen molar-refractivity contribution in [2.24, 2.45) is 0 Å². The summed E-state index contributed by atoms with van der Waals surface area (Å²) in [5.74, 6) is -0.354. The Kier molecular flexibility index (Phi) is 4.61. The smallest absolute Gasteiger partial charge is 0.142 e. The molecule has 1 nitrogen and oxygen atoms in total. The third kappa shape index (κ3) is 3.16. The van der Waals surface area contributed by atoms with Gasteiger partial charge in [-0.15, -0.1) is 11.3 Å². The van der Waals surface area contributed by atoms with Crippen LogP contribution in [0.3, 0.4) is 0 Å². The molecule has 0 saturated heterocycles. The lowest BCUT2D eigenvalue weighted by Crippen LogP contribution is -2.18. The van der Waals surface area contributed by atoms with E-state index < -0.39 is 0 Å². The highest BCUT2D eigenvalue weighted by molar-refractivity contribution is 7.12. The monoisotopic (exact) mass is 297 g/mol. The fraction of sp³-hybridized carbons (Fsp3) is 0.333. The summed E-state index contributed by atoms with van der Waals surface area (Å²) in [5, 5.41) is 3.51.